The molecular weight excluding hydrogens is 477 g/mol. The number of rotatable bonds is 10. The van der Waals surface area contributed by atoms with Crippen LogP contribution in [0.1, 0.15) is 11.4 Å². The monoisotopic (exact) mass is 502 g/mol. The Balaban J connectivity index is 0.000000762. The van der Waals surface area contributed by atoms with Crippen molar-refractivity contribution >= 4 is 23.7 Å². The summed E-state index contributed by atoms with van der Waals surface area (Å²) in [5, 5.41) is 16.1. The number of oxime groups is 1. The van der Waals surface area contributed by atoms with Crippen molar-refractivity contribution in [1.82, 2.24) is 19.9 Å². The molecule has 0 fully saturated rings. The molecule has 0 unspecified atom stereocenters. The van der Waals surface area contributed by atoms with E-state index in [0.29, 0.717) is 18.7 Å². The van der Waals surface area contributed by atoms with E-state index in [1.807, 2.05) is 18.2 Å². The van der Waals surface area contributed by atoms with Gasteiger partial charge in [0, 0.05) is 36.7 Å². The zero-order chi connectivity index (χ0) is 26.4. The number of amides is 1. The fourth-order valence-electron chi connectivity index (χ4n) is 2.30. The van der Waals surface area contributed by atoms with Crippen molar-refractivity contribution in [3.8, 4) is 0 Å². The van der Waals surface area contributed by atoms with E-state index in [2.05, 4.69) is 25.8 Å². The highest BCUT2D eigenvalue weighted by Gasteiger charge is 2.38. The lowest BCUT2D eigenvalue weighted by Gasteiger charge is -2.12. The number of carboxylic acid groups (broad SMARTS) is 1. The molecule has 0 saturated heterocycles. The van der Waals surface area contributed by atoms with E-state index < -0.39 is 12.1 Å². The van der Waals surface area contributed by atoms with Gasteiger partial charge in [-0.2, -0.15) is 13.2 Å². The van der Waals surface area contributed by atoms with Gasteiger partial charge < -0.3 is 32.0 Å². The van der Waals surface area contributed by atoms with Gasteiger partial charge >= 0.3 is 12.1 Å². The molecule has 35 heavy (non-hydrogen) atoms. The minimum Gasteiger partial charge on any atom is -0.475 e. The number of pyridine rings is 1. The first-order valence-corrected chi connectivity index (χ1v) is 9.89. The maximum Gasteiger partial charge on any atom is 0.490 e. The Hall–Kier alpha value is -4.37. The Labute approximate surface area is 197 Å². The average Bonchev–Trinajstić information content (AvgIpc) is 2.78. The van der Waals surface area contributed by atoms with Crippen LogP contribution < -0.4 is 27.7 Å². The van der Waals surface area contributed by atoms with Crippen LogP contribution in [0.3, 0.4) is 0 Å². The molecule has 0 radical (unpaired) electrons. The second-order valence-electron chi connectivity index (χ2n) is 6.64. The maximum absolute atomic E-state index is 12.6. The first-order chi connectivity index (χ1) is 16.4. The number of carbonyl (C=O) groups excluding carboxylic acids is 1. The fraction of sp³-hybridized carbons (Fsp3) is 0.368. The van der Waals surface area contributed by atoms with Crippen LogP contribution in [0.5, 0.6) is 0 Å². The highest BCUT2D eigenvalue weighted by Crippen LogP contribution is 2.13. The Bertz CT molecular complexity index is 1060. The second kappa shape index (κ2) is 14.0. The van der Waals surface area contributed by atoms with Gasteiger partial charge in [0.15, 0.2) is 5.82 Å². The summed E-state index contributed by atoms with van der Waals surface area (Å²) in [6.45, 7) is 2.38. The molecule has 1 amide bonds. The predicted molar refractivity (Wildman–Crippen MR) is 118 cm³/mol. The molecule has 2 rings (SSSR count). The van der Waals surface area contributed by atoms with Crippen molar-refractivity contribution in [1.29, 1.82) is 0 Å². The second-order valence-corrected chi connectivity index (χ2v) is 6.64. The van der Waals surface area contributed by atoms with Gasteiger partial charge in [-0.15, -0.1) is 0 Å². The number of nitrogens with two attached hydrogens (primary N) is 2. The minimum absolute atomic E-state index is 0.105. The zero-order valence-corrected chi connectivity index (χ0v) is 18.6. The lowest BCUT2D eigenvalue weighted by atomic mass is 10.3. The SMILES string of the molecule is Cc1cnc(NCCc2ccccn2)c(=O)n1CC(=O)NCCON=C(N)N.O=C(O)C(F)(F)F. The number of aromatic nitrogens is 3. The van der Waals surface area contributed by atoms with E-state index in [4.69, 9.17) is 26.2 Å². The van der Waals surface area contributed by atoms with E-state index >= 15 is 0 Å². The summed E-state index contributed by atoms with van der Waals surface area (Å²) in [5.74, 6) is -3.12. The molecule has 0 aliphatic heterocycles. The number of anilines is 1. The quantitative estimate of drug-likeness (QED) is 0.123. The third-order valence-corrected chi connectivity index (χ3v) is 3.88. The predicted octanol–water partition coefficient (Wildman–Crippen LogP) is -0.444. The summed E-state index contributed by atoms with van der Waals surface area (Å²) in [4.78, 5) is 46.7. The molecule has 192 valence electrons. The molecule has 0 bridgehead atoms. The fourth-order valence-corrected chi connectivity index (χ4v) is 2.30. The molecule has 0 aliphatic carbocycles. The number of nitrogens with zero attached hydrogens (tertiary/aromatic N) is 4. The molecule has 2 aromatic rings. The number of carboxylic acids is 1. The molecule has 0 aliphatic rings. The Morgan fingerprint density at radius 1 is 1.23 bits per heavy atom. The van der Waals surface area contributed by atoms with Gasteiger partial charge in [-0.25, -0.2) is 9.78 Å². The summed E-state index contributed by atoms with van der Waals surface area (Å²) < 4.78 is 33.1. The minimum atomic E-state index is -5.08. The summed E-state index contributed by atoms with van der Waals surface area (Å²) >= 11 is 0. The van der Waals surface area contributed by atoms with Crippen molar-refractivity contribution in [2.75, 3.05) is 25.0 Å². The summed E-state index contributed by atoms with van der Waals surface area (Å²) in [5.41, 5.74) is 11.3. The van der Waals surface area contributed by atoms with E-state index in [-0.39, 0.29) is 42.9 Å². The van der Waals surface area contributed by atoms with Crippen LogP contribution in [0.15, 0.2) is 40.5 Å². The topological polar surface area (TPSA) is 200 Å². The number of aryl methyl sites for hydroxylation is 1. The average molecular weight is 502 g/mol. The maximum atomic E-state index is 12.6. The van der Waals surface area contributed by atoms with Gasteiger partial charge in [0.1, 0.15) is 13.2 Å². The van der Waals surface area contributed by atoms with E-state index in [1.165, 1.54) is 4.57 Å². The molecular formula is C19H25F3N8O5. The molecule has 2 heterocycles. The highest BCUT2D eigenvalue weighted by molar-refractivity contribution is 5.76. The Morgan fingerprint density at radius 3 is 2.49 bits per heavy atom. The molecule has 0 spiro atoms. The van der Waals surface area contributed by atoms with Crippen LogP contribution >= 0.6 is 0 Å². The van der Waals surface area contributed by atoms with Crippen molar-refractivity contribution < 1.29 is 32.7 Å². The van der Waals surface area contributed by atoms with Gasteiger partial charge in [-0.1, -0.05) is 6.07 Å². The zero-order valence-electron chi connectivity index (χ0n) is 18.6. The van der Waals surface area contributed by atoms with Crippen LogP contribution in [-0.2, 0) is 27.4 Å². The summed E-state index contributed by atoms with van der Waals surface area (Å²) in [6, 6.07) is 5.65. The van der Waals surface area contributed by atoms with Crippen molar-refractivity contribution in [3.63, 3.8) is 0 Å². The third kappa shape index (κ3) is 11.4. The van der Waals surface area contributed by atoms with Crippen LogP contribution in [-0.4, -0.2) is 63.4 Å². The van der Waals surface area contributed by atoms with Gasteiger partial charge in [0.2, 0.25) is 11.9 Å². The lowest BCUT2D eigenvalue weighted by Crippen LogP contribution is -2.36. The third-order valence-electron chi connectivity index (χ3n) is 3.88. The standard InChI is InChI=1S/C17H24N8O3.C2HF3O2/c1-12-10-23-15(22-7-5-13-4-2-3-6-20-13)16(27)25(12)11-14(26)21-8-9-28-24-17(18)19;3-2(4,5)1(6)7/h2-4,6,10H,5,7-9,11H2,1H3,(H,21,26)(H,22,23)(H4,18,19,24);(H,6,7). The van der Waals surface area contributed by atoms with E-state index in [0.717, 1.165) is 5.69 Å². The molecule has 0 atom stereocenters. The Kier molecular flexibility index (Phi) is 11.5. The van der Waals surface area contributed by atoms with Crippen molar-refractivity contribution in [2.45, 2.75) is 26.1 Å². The smallest absolute Gasteiger partial charge is 0.475 e. The number of guanidine groups is 1. The van der Waals surface area contributed by atoms with E-state index in [1.54, 1.807) is 19.3 Å². The number of nitrogens with one attached hydrogen (secondary N) is 2. The summed E-state index contributed by atoms with van der Waals surface area (Å²) in [6.07, 6.45) is -1.18. The van der Waals surface area contributed by atoms with Crippen LogP contribution in [0.25, 0.3) is 0 Å². The van der Waals surface area contributed by atoms with Crippen LogP contribution in [0, 0.1) is 6.92 Å². The normalized spacial score (nSPS) is 10.4. The number of aliphatic carboxylic acids is 1. The van der Waals surface area contributed by atoms with Crippen LogP contribution in [0.4, 0.5) is 19.0 Å². The molecule has 13 nitrogen and oxygen atoms in total. The first kappa shape index (κ1) is 28.7. The highest BCUT2D eigenvalue weighted by atomic mass is 19.4. The molecule has 0 saturated carbocycles. The lowest BCUT2D eigenvalue weighted by molar-refractivity contribution is -0.192. The van der Waals surface area contributed by atoms with Gasteiger partial charge in [-0.3, -0.25) is 19.1 Å². The number of hydrogen-bond acceptors (Lipinski definition) is 8. The van der Waals surface area contributed by atoms with Crippen LogP contribution in [0.2, 0.25) is 0 Å². The molecule has 16 heteroatoms. The number of carbonyl (C=O) groups is 2. The van der Waals surface area contributed by atoms with E-state index in [9.17, 15) is 22.8 Å². The number of alkyl halides is 3. The molecule has 0 aromatic carbocycles. The molecule has 2 aromatic heterocycles. The van der Waals surface area contributed by atoms with Gasteiger partial charge in [0.25, 0.3) is 5.56 Å². The number of halogens is 3. The number of hydrogen-bond donors (Lipinski definition) is 5. The van der Waals surface area contributed by atoms with Crippen molar-refractivity contribution in [3.05, 3.63) is 52.3 Å². The first-order valence-electron chi connectivity index (χ1n) is 9.89. The van der Waals surface area contributed by atoms with Gasteiger partial charge in [0.05, 0.1) is 6.54 Å². The molecule has 7 N–H and O–H groups in total. The largest absolute Gasteiger partial charge is 0.490 e. The van der Waals surface area contributed by atoms with Crippen molar-refractivity contribution in [2.24, 2.45) is 16.6 Å². The summed E-state index contributed by atoms with van der Waals surface area (Å²) in [7, 11) is 0. The van der Waals surface area contributed by atoms with Gasteiger partial charge in [-0.05, 0) is 24.2 Å². The Morgan fingerprint density at radius 2 is 1.91 bits per heavy atom.